The first-order chi connectivity index (χ1) is 10.1. The molecular formula is C19H20N2. The van der Waals surface area contributed by atoms with Crippen molar-refractivity contribution >= 4 is 16.6 Å². The molecule has 0 saturated heterocycles. The summed E-state index contributed by atoms with van der Waals surface area (Å²) in [7, 11) is 0. The van der Waals surface area contributed by atoms with Gasteiger partial charge in [0.2, 0.25) is 0 Å². The van der Waals surface area contributed by atoms with Crippen molar-refractivity contribution in [2.24, 2.45) is 0 Å². The standard InChI is InChI=1S/C19H20N2/c1-12-8-9-13-14(11-20-17(13)10-12)18-19(2,3)15-6-4-5-7-16(15)21-18/h4-11,18,20-21H,1-3H3/t18-/m1/s1. The summed E-state index contributed by atoms with van der Waals surface area (Å²) in [6.45, 7) is 6.78. The van der Waals surface area contributed by atoms with Crippen LogP contribution in [0.3, 0.4) is 0 Å². The van der Waals surface area contributed by atoms with Gasteiger partial charge in [-0.2, -0.15) is 0 Å². The van der Waals surface area contributed by atoms with E-state index >= 15 is 0 Å². The van der Waals surface area contributed by atoms with Gasteiger partial charge >= 0.3 is 0 Å². The van der Waals surface area contributed by atoms with E-state index < -0.39 is 0 Å². The average Bonchev–Trinajstić information content (AvgIpc) is 2.98. The Labute approximate surface area is 125 Å². The first-order valence-electron chi connectivity index (χ1n) is 7.51. The lowest BCUT2D eigenvalue weighted by atomic mass is 9.78. The number of benzene rings is 2. The maximum Gasteiger partial charge on any atom is 0.0626 e. The van der Waals surface area contributed by atoms with Crippen LogP contribution in [0.4, 0.5) is 5.69 Å². The lowest BCUT2D eigenvalue weighted by molar-refractivity contribution is 0.476. The molecule has 106 valence electrons. The Hall–Kier alpha value is -2.22. The fraction of sp³-hybridized carbons (Fsp3) is 0.263. The normalized spacial score (nSPS) is 19.5. The Bertz CT molecular complexity index is 826. The number of hydrogen-bond donors (Lipinski definition) is 2. The van der Waals surface area contributed by atoms with Crippen LogP contribution in [0.2, 0.25) is 0 Å². The zero-order chi connectivity index (χ0) is 14.6. The molecule has 0 fully saturated rings. The van der Waals surface area contributed by atoms with Crippen molar-refractivity contribution in [3.8, 4) is 0 Å². The van der Waals surface area contributed by atoms with E-state index in [0.29, 0.717) is 6.04 Å². The second-order valence-electron chi connectivity index (χ2n) is 6.64. The van der Waals surface area contributed by atoms with Gasteiger partial charge in [0.25, 0.3) is 0 Å². The minimum atomic E-state index is 0.0800. The summed E-state index contributed by atoms with van der Waals surface area (Å²) in [5.74, 6) is 0. The summed E-state index contributed by atoms with van der Waals surface area (Å²) in [6, 6.07) is 15.6. The number of aromatic amines is 1. The molecule has 4 rings (SSSR count). The van der Waals surface area contributed by atoms with Gasteiger partial charge in [0.05, 0.1) is 6.04 Å². The molecule has 2 aromatic carbocycles. The SMILES string of the molecule is Cc1ccc2c([C@H]3Nc4ccccc4C3(C)C)c[nH]c2c1. The second-order valence-corrected chi connectivity index (χ2v) is 6.64. The number of nitrogens with one attached hydrogen (secondary N) is 2. The molecule has 0 amide bonds. The van der Waals surface area contributed by atoms with E-state index in [-0.39, 0.29) is 5.41 Å². The van der Waals surface area contributed by atoms with Crippen LogP contribution >= 0.6 is 0 Å². The van der Waals surface area contributed by atoms with Crippen LogP contribution in [0.5, 0.6) is 0 Å². The molecule has 2 nitrogen and oxygen atoms in total. The van der Waals surface area contributed by atoms with E-state index in [2.05, 4.69) is 79.7 Å². The molecular weight excluding hydrogens is 256 g/mol. The zero-order valence-corrected chi connectivity index (χ0v) is 12.7. The Balaban J connectivity index is 1.87. The first-order valence-corrected chi connectivity index (χ1v) is 7.51. The van der Waals surface area contributed by atoms with Crippen molar-refractivity contribution in [3.63, 3.8) is 0 Å². The molecule has 21 heavy (non-hydrogen) atoms. The second kappa shape index (κ2) is 4.14. The van der Waals surface area contributed by atoms with Gasteiger partial charge in [-0.1, -0.05) is 44.2 Å². The minimum Gasteiger partial charge on any atom is -0.377 e. The highest BCUT2D eigenvalue weighted by Crippen LogP contribution is 2.49. The van der Waals surface area contributed by atoms with Gasteiger partial charge in [0, 0.05) is 33.8 Å². The molecule has 0 spiro atoms. The van der Waals surface area contributed by atoms with E-state index in [0.717, 1.165) is 0 Å². The smallest absolute Gasteiger partial charge is 0.0626 e. The molecule has 0 bridgehead atoms. The maximum absolute atomic E-state index is 3.71. The quantitative estimate of drug-likeness (QED) is 0.648. The van der Waals surface area contributed by atoms with Gasteiger partial charge < -0.3 is 10.3 Å². The number of hydrogen-bond acceptors (Lipinski definition) is 1. The number of fused-ring (bicyclic) bond motifs is 2. The lowest BCUT2D eigenvalue weighted by Crippen LogP contribution is -2.25. The van der Waals surface area contributed by atoms with E-state index in [9.17, 15) is 0 Å². The first kappa shape index (κ1) is 12.5. The van der Waals surface area contributed by atoms with Crippen LogP contribution < -0.4 is 5.32 Å². The zero-order valence-electron chi connectivity index (χ0n) is 12.7. The predicted molar refractivity (Wildman–Crippen MR) is 88.9 cm³/mol. The van der Waals surface area contributed by atoms with Gasteiger partial charge in [-0.25, -0.2) is 0 Å². The van der Waals surface area contributed by atoms with Gasteiger partial charge in [-0.15, -0.1) is 0 Å². The number of aromatic nitrogens is 1. The van der Waals surface area contributed by atoms with Crippen LogP contribution in [0.1, 0.15) is 36.6 Å². The van der Waals surface area contributed by atoms with Gasteiger partial charge in [-0.05, 0) is 30.2 Å². The van der Waals surface area contributed by atoms with Crippen molar-refractivity contribution in [2.45, 2.75) is 32.2 Å². The van der Waals surface area contributed by atoms with Crippen LogP contribution in [-0.4, -0.2) is 4.98 Å². The van der Waals surface area contributed by atoms with E-state index in [1.165, 1.54) is 33.3 Å². The molecule has 0 aliphatic carbocycles. The van der Waals surface area contributed by atoms with Crippen LogP contribution in [0.25, 0.3) is 10.9 Å². The summed E-state index contributed by atoms with van der Waals surface area (Å²) in [5, 5.41) is 5.03. The molecule has 1 aliphatic rings. The van der Waals surface area contributed by atoms with Gasteiger partial charge in [0.15, 0.2) is 0 Å². The number of anilines is 1. The lowest BCUT2D eigenvalue weighted by Gasteiger charge is -2.27. The van der Waals surface area contributed by atoms with Crippen LogP contribution in [0.15, 0.2) is 48.7 Å². The monoisotopic (exact) mass is 276 g/mol. The topological polar surface area (TPSA) is 27.8 Å². The van der Waals surface area contributed by atoms with Crippen molar-refractivity contribution in [3.05, 3.63) is 65.4 Å². The number of aryl methyl sites for hydroxylation is 1. The molecule has 2 heterocycles. The van der Waals surface area contributed by atoms with Crippen LogP contribution in [-0.2, 0) is 5.41 Å². The highest BCUT2D eigenvalue weighted by atomic mass is 15.0. The molecule has 0 unspecified atom stereocenters. The van der Waals surface area contributed by atoms with E-state index in [1.807, 2.05) is 0 Å². The summed E-state index contributed by atoms with van der Waals surface area (Å²) >= 11 is 0. The third-order valence-corrected chi connectivity index (χ3v) is 4.82. The summed E-state index contributed by atoms with van der Waals surface area (Å²) in [5.41, 5.74) is 6.60. The molecule has 0 radical (unpaired) electrons. The Kier molecular flexibility index (Phi) is 2.47. The number of H-pyrrole nitrogens is 1. The Morgan fingerprint density at radius 2 is 1.86 bits per heavy atom. The minimum absolute atomic E-state index is 0.0800. The van der Waals surface area contributed by atoms with Gasteiger partial charge in [0.1, 0.15) is 0 Å². The number of rotatable bonds is 1. The van der Waals surface area contributed by atoms with Crippen molar-refractivity contribution in [1.29, 1.82) is 0 Å². The number of para-hydroxylation sites is 1. The summed E-state index contributed by atoms with van der Waals surface area (Å²) in [6.07, 6.45) is 2.16. The third-order valence-electron chi connectivity index (χ3n) is 4.82. The molecule has 3 aromatic rings. The maximum atomic E-state index is 3.71. The van der Waals surface area contributed by atoms with Crippen LogP contribution in [0, 0.1) is 6.92 Å². The third kappa shape index (κ3) is 1.72. The molecule has 2 heteroatoms. The van der Waals surface area contributed by atoms with E-state index in [4.69, 9.17) is 0 Å². The average molecular weight is 276 g/mol. The molecule has 1 aliphatic heterocycles. The largest absolute Gasteiger partial charge is 0.377 e. The molecule has 1 atom stereocenters. The summed E-state index contributed by atoms with van der Waals surface area (Å²) in [4.78, 5) is 3.43. The summed E-state index contributed by atoms with van der Waals surface area (Å²) < 4.78 is 0. The Morgan fingerprint density at radius 3 is 2.67 bits per heavy atom. The highest BCUT2D eigenvalue weighted by Gasteiger charge is 2.40. The fourth-order valence-corrected chi connectivity index (χ4v) is 3.63. The van der Waals surface area contributed by atoms with Crippen molar-refractivity contribution in [2.75, 3.05) is 5.32 Å². The molecule has 0 saturated carbocycles. The van der Waals surface area contributed by atoms with E-state index in [1.54, 1.807) is 0 Å². The van der Waals surface area contributed by atoms with Crippen molar-refractivity contribution in [1.82, 2.24) is 4.98 Å². The Morgan fingerprint density at radius 1 is 1.05 bits per heavy atom. The van der Waals surface area contributed by atoms with Gasteiger partial charge in [-0.3, -0.25) is 0 Å². The molecule has 2 N–H and O–H groups in total. The molecule has 1 aromatic heterocycles. The van der Waals surface area contributed by atoms with Crippen molar-refractivity contribution < 1.29 is 0 Å². The fourth-order valence-electron chi connectivity index (χ4n) is 3.63. The highest BCUT2D eigenvalue weighted by molar-refractivity contribution is 5.85. The predicted octanol–water partition coefficient (Wildman–Crippen LogP) is 4.92.